The van der Waals surface area contributed by atoms with Crippen LogP contribution in [0.1, 0.15) is 81.8 Å². The maximum Gasteiger partial charge on any atom is 0.307 e. The summed E-state index contributed by atoms with van der Waals surface area (Å²) in [6, 6.07) is 21.2. The van der Waals surface area contributed by atoms with E-state index in [9.17, 15) is 9.90 Å². The summed E-state index contributed by atoms with van der Waals surface area (Å²) in [7, 11) is 0. The second-order valence-electron chi connectivity index (χ2n) is 10.7. The summed E-state index contributed by atoms with van der Waals surface area (Å²) in [6.45, 7) is 0. The maximum atomic E-state index is 12.8. The van der Waals surface area contributed by atoms with E-state index < -0.39 is 5.97 Å². The molecule has 0 radical (unpaired) electrons. The molecule has 2 aromatic carbocycles. The van der Waals surface area contributed by atoms with Gasteiger partial charge in [-0.25, -0.2) is 0 Å². The van der Waals surface area contributed by atoms with Crippen LogP contribution in [0.25, 0.3) is 0 Å². The van der Waals surface area contributed by atoms with E-state index in [1.807, 2.05) is 6.07 Å². The van der Waals surface area contributed by atoms with Crippen molar-refractivity contribution in [2.24, 2.45) is 29.6 Å². The molecular formula is C31H42O2. The molecule has 2 aliphatic rings. The van der Waals surface area contributed by atoms with E-state index >= 15 is 0 Å². The Morgan fingerprint density at radius 3 is 1.79 bits per heavy atom. The van der Waals surface area contributed by atoms with Crippen LogP contribution in [0.15, 0.2) is 60.7 Å². The highest BCUT2D eigenvalue weighted by molar-refractivity contribution is 5.71. The van der Waals surface area contributed by atoms with E-state index in [4.69, 9.17) is 0 Å². The normalized spacial score (nSPS) is 20.7. The van der Waals surface area contributed by atoms with Crippen LogP contribution >= 0.6 is 0 Å². The van der Waals surface area contributed by atoms with Gasteiger partial charge in [0.25, 0.3) is 0 Å². The van der Waals surface area contributed by atoms with Gasteiger partial charge in [-0.05, 0) is 54.1 Å². The van der Waals surface area contributed by atoms with Crippen molar-refractivity contribution in [2.75, 3.05) is 0 Å². The predicted molar refractivity (Wildman–Crippen MR) is 136 cm³/mol. The third kappa shape index (κ3) is 6.71. The van der Waals surface area contributed by atoms with Crippen molar-refractivity contribution in [1.29, 1.82) is 0 Å². The maximum absolute atomic E-state index is 12.8. The lowest BCUT2D eigenvalue weighted by atomic mass is 9.60. The number of carbonyl (C=O) groups is 1. The summed E-state index contributed by atoms with van der Waals surface area (Å²) in [5.74, 6) is 1.19. The van der Waals surface area contributed by atoms with Gasteiger partial charge in [0.1, 0.15) is 0 Å². The van der Waals surface area contributed by atoms with Crippen LogP contribution in [-0.2, 0) is 17.6 Å². The molecule has 2 nitrogen and oxygen atoms in total. The van der Waals surface area contributed by atoms with Crippen molar-refractivity contribution in [3.8, 4) is 0 Å². The van der Waals surface area contributed by atoms with Crippen LogP contribution in [0.5, 0.6) is 0 Å². The lowest BCUT2D eigenvalue weighted by Gasteiger charge is -2.44. The summed E-state index contributed by atoms with van der Waals surface area (Å²) < 4.78 is 0. The quantitative estimate of drug-likeness (QED) is 0.402. The first-order chi connectivity index (χ1) is 16.2. The zero-order valence-electron chi connectivity index (χ0n) is 20.2. The largest absolute Gasteiger partial charge is 0.481 e. The van der Waals surface area contributed by atoms with Crippen LogP contribution in [0.4, 0.5) is 0 Å². The topological polar surface area (TPSA) is 37.3 Å². The minimum Gasteiger partial charge on any atom is -0.481 e. The first kappa shape index (κ1) is 24.0. The van der Waals surface area contributed by atoms with Crippen molar-refractivity contribution in [3.63, 3.8) is 0 Å². The molecule has 33 heavy (non-hydrogen) atoms. The van der Waals surface area contributed by atoms with Gasteiger partial charge in [-0.15, -0.1) is 0 Å². The van der Waals surface area contributed by atoms with Crippen LogP contribution in [0.3, 0.4) is 0 Å². The van der Waals surface area contributed by atoms with Crippen molar-refractivity contribution in [3.05, 3.63) is 71.8 Å². The molecule has 2 aromatic rings. The van der Waals surface area contributed by atoms with Gasteiger partial charge in [-0.2, -0.15) is 0 Å². The Hall–Kier alpha value is -2.09. The van der Waals surface area contributed by atoms with Crippen LogP contribution in [0, 0.1) is 29.6 Å². The highest BCUT2D eigenvalue weighted by Crippen LogP contribution is 2.47. The van der Waals surface area contributed by atoms with Gasteiger partial charge in [0.2, 0.25) is 0 Å². The fourth-order valence-electron chi connectivity index (χ4n) is 7.03. The molecule has 0 spiro atoms. The highest BCUT2D eigenvalue weighted by atomic mass is 16.4. The molecule has 1 N–H and O–H groups in total. The van der Waals surface area contributed by atoms with Crippen LogP contribution in [-0.4, -0.2) is 11.1 Å². The van der Waals surface area contributed by atoms with Crippen molar-refractivity contribution in [1.82, 2.24) is 0 Å². The molecule has 0 amide bonds. The summed E-state index contributed by atoms with van der Waals surface area (Å²) in [5, 5.41) is 10.6. The number of carboxylic acid groups (broad SMARTS) is 1. The van der Waals surface area contributed by atoms with Gasteiger partial charge < -0.3 is 5.11 Å². The Kier molecular flexibility index (Phi) is 9.03. The van der Waals surface area contributed by atoms with E-state index in [2.05, 4.69) is 54.6 Å². The third-order valence-electron chi connectivity index (χ3n) is 8.63. The van der Waals surface area contributed by atoms with Gasteiger partial charge in [0.15, 0.2) is 0 Å². The van der Waals surface area contributed by atoms with Gasteiger partial charge in [-0.1, -0.05) is 125 Å². The van der Waals surface area contributed by atoms with Crippen molar-refractivity contribution in [2.45, 2.75) is 83.5 Å². The van der Waals surface area contributed by atoms with E-state index in [0.717, 1.165) is 12.8 Å². The number of hydrogen-bond donors (Lipinski definition) is 1. The molecule has 0 bridgehead atoms. The van der Waals surface area contributed by atoms with Crippen LogP contribution in [0.2, 0.25) is 0 Å². The molecule has 2 fully saturated rings. The molecule has 178 valence electrons. The Balaban J connectivity index is 1.65. The molecule has 0 aromatic heterocycles. The minimum absolute atomic E-state index is 0.279. The third-order valence-corrected chi connectivity index (χ3v) is 8.63. The number of benzene rings is 2. The SMILES string of the molecule is O=C(O)C(Cc1ccccc1)C(C1CCCCC1)C(CCc1ccccc1)C1CCCCC1. The van der Waals surface area contributed by atoms with Gasteiger partial charge in [-0.3, -0.25) is 4.79 Å². The smallest absolute Gasteiger partial charge is 0.307 e. The number of carboxylic acids is 1. The van der Waals surface area contributed by atoms with Crippen LogP contribution < -0.4 is 0 Å². The summed E-state index contributed by atoms with van der Waals surface area (Å²) in [5.41, 5.74) is 2.58. The molecule has 2 heteroatoms. The number of hydrogen-bond acceptors (Lipinski definition) is 1. The Morgan fingerprint density at radius 2 is 1.24 bits per heavy atom. The lowest BCUT2D eigenvalue weighted by Crippen LogP contribution is -2.41. The van der Waals surface area contributed by atoms with Gasteiger partial charge in [0, 0.05) is 0 Å². The number of aliphatic carboxylic acids is 1. The summed E-state index contributed by atoms with van der Waals surface area (Å²) in [4.78, 5) is 12.8. The van der Waals surface area contributed by atoms with E-state index in [0.29, 0.717) is 24.2 Å². The second-order valence-corrected chi connectivity index (χ2v) is 10.7. The summed E-state index contributed by atoms with van der Waals surface area (Å²) in [6.07, 6.45) is 15.8. The van der Waals surface area contributed by atoms with Gasteiger partial charge in [0.05, 0.1) is 5.92 Å². The van der Waals surface area contributed by atoms with E-state index in [-0.39, 0.29) is 11.8 Å². The molecular weight excluding hydrogens is 404 g/mol. The molecule has 0 saturated heterocycles. The number of rotatable bonds is 10. The van der Waals surface area contributed by atoms with Crippen molar-refractivity contribution < 1.29 is 9.90 Å². The summed E-state index contributed by atoms with van der Waals surface area (Å²) >= 11 is 0. The minimum atomic E-state index is -0.574. The monoisotopic (exact) mass is 446 g/mol. The Labute approximate surface area is 200 Å². The molecule has 3 unspecified atom stereocenters. The predicted octanol–water partition coefficient (Wildman–Crippen LogP) is 7.96. The molecule has 2 aliphatic carbocycles. The Morgan fingerprint density at radius 1 is 0.727 bits per heavy atom. The highest BCUT2D eigenvalue weighted by Gasteiger charge is 2.42. The number of aryl methyl sites for hydroxylation is 1. The van der Waals surface area contributed by atoms with E-state index in [1.165, 1.54) is 75.3 Å². The lowest BCUT2D eigenvalue weighted by molar-refractivity contribution is -0.146. The fourth-order valence-corrected chi connectivity index (χ4v) is 7.03. The first-order valence-electron chi connectivity index (χ1n) is 13.5. The fraction of sp³-hybridized carbons (Fsp3) is 0.581. The Bertz CT molecular complexity index is 819. The molecule has 0 aliphatic heterocycles. The van der Waals surface area contributed by atoms with Crippen molar-refractivity contribution >= 4 is 5.97 Å². The molecule has 4 rings (SSSR count). The molecule has 2 saturated carbocycles. The standard InChI is InChI=1S/C31H42O2/c32-31(33)29(23-25-15-7-2-8-16-25)30(27-19-11-4-12-20-27)28(26-17-9-3-10-18-26)22-21-24-13-5-1-6-14-24/h1-2,5-8,13-16,26-30H,3-4,9-12,17-23H2,(H,32,33). The molecule has 0 heterocycles. The second kappa shape index (κ2) is 12.4. The average Bonchev–Trinajstić information content (AvgIpc) is 2.88. The average molecular weight is 447 g/mol. The zero-order chi connectivity index (χ0) is 22.9. The molecule has 3 atom stereocenters. The van der Waals surface area contributed by atoms with E-state index in [1.54, 1.807) is 0 Å². The first-order valence-corrected chi connectivity index (χ1v) is 13.5. The zero-order valence-corrected chi connectivity index (χ0v) is 20.2. The van der Waals surface area contributed by atoms with Gasteiger partial charge >= 0.3 is 5.97 Å².